The van der Waals surface area contributed by atoms with Crippen LogP contribution < -0.4 is 0 Å². The zero-order chi connectivity index (χ0) is 11.9. The van der Waals surface area contributed by atoms with Gasteiger partial charge in [0.1, 0.15) is 0 Å². The van der Waals surface area contributed by atoms with Crippen molar-refractivity contribution in [3.05, 3.63) is 24.8 Å². The van der Waals surface area contributed by atoms with Gasteiger partial charge in [-0.3, -0.25) is 0 Å². The number of rotatable bonds is 12. The van der Waals surface area contributed by atoms with Gasteiger partial charge in [-0.15, -0.1) is 0 Å². The van der Waals surface area contributed by atoms with Gasteiger partial charge in [-0.05, 0) is 38.5 Å². The molecule has 16 heavy (non-hydrogen) atoms. The zero-order valence-corrected chi connectivity index (χ0v) is 11.1. The summed E-state index contributed by atoms with van der Waals surface area (Å²) in [6, 6.07) is 0. The highest BCUT2D eigenvalue weighted by atomic mass is 13.9. The third-order valence-corrected chi connectivity index (χ3v) is 2.88. The smallest absolute Gasteiger partial charge is 0.0347 e. The molecule has 0 aliphatic carbocycles. The molecule has 0 amide bonds. The summed E-state index contributed by atoms with van der Waals surface area (Å²) in [6.45, 7) is 7.58. The van der Waals surface area contributed by atoms with Crippen LogP contribution in [0.4, 0.5) is 0 Å². The zero-order valence-electron chi connectivity index (χ0n) is 11.1. The molecule has 0 saturated carbocycles. The van der Waals surface area contributed by atoms with E-state index in [9.17, 15) is 0 Å². The van der Waals surface area contributed by atoms with E-state index in [1.54, 1.807) is 6.08 Å². The van der Waals surface area contributed by atoms with E-state index in [1.165, 1.54) is 64.2 Å². The number of hydrogen-bond donors (Lipinski definition) is 0. The van der Waals surface area contributed by atoms with Crippen molar-refractivity contribution < 1.29 is 0 Å². The summed E-state index contributed by atoms with van der Waals surface area (Å²) < 4.78 is 0. The topological polar surface area (TPSA) is 0 Å². The Kier molecular flexibility index (Phi) is 14.0. The number of allylic oxidation sites excluding steroid dienone is 3. The maximum Gasteiger partial charge on any atom is -0.0347 e. The van der Waals surface area contributed by atoms with Crippen LogP contribution >= 0.6 is 0 Å². The Morgan fingerprint density at radius 3 is 1.81 bits per heavy atom. The minimum absolute atomic E-state index is 1.06. The molecule has 0 nitrogen and oxygen atoms in total. The van der Waals surface area contributed by atoms with Crippen LogP contribution in [0.2, 0.25) is 0 Å². The van der Waals surface area contributed by atoms with Crippen LogP contribution in [0.5, 0.6) is 0 Å². The quantitative estimate of drug-likeness (QED) is 0.287. The first-order valence-electron chi connectivity index (χ1n) is 7.10. The van der Waals surface area contributed by atoms with Gasteiger partial charge in [-0.1, -0.05) is 63.8 Å². The average molecular weight is 221 g/mol. The molecule has 0 bridgehead atoms. The lowest BCUT2D eigenvalue weighted by Crippen LogP contribution is -1.78. The van der Waals surface area contributed by atoms with E-state index in [4.69, 9.17) is 6.58 Å². The standard InChI is InChI=1S/C16H29/c1-3-5-7-9-11-13-15-16-14-12-10-8-6-4-2/h1,3,13,15H,4-12,14,16H2,2H3. The Hall–Kier alpha value is -0.520. The molecule has 0 fully saturated rings. The van der Waals surface area contributed by atoms with Gasteiger partial charge >= 0.3 is 0 Å². The van der Waals surface area contributed by atoms with E-state index in [0.717, 1.165) is 6.42 Å². The molecule has 0 spiro atoms. The fourth-order valence-corrected chi connectivity index (χ4v) is 1.80. The summed E-state index contributed by atoms with van der Waals surface area (Å²) in [5, 5.41) is 0. The summed E-state index contributed by atoms with van der Waals surface area (Å²) in [5.74, 6) is 0. The molecule has 0 heteroatoms. The summed E-state index contributed by atoms with van der Waals surface area (Å²) in [5.41, 5.74) is 0. The van der Waals surface area contributed by atoms with Crippen molar-refractivity contribution in [1.29, 1.82) is 0 Å². The third-order valence-electron chi connectivity index (χ3n) is 2.88. The van der Waals surface area contributed by atoms with Gasteiger partial charge in [-0.25, -0.2) is 0 Å². The highest BCUT2D eigenvalue weighted by Gasteiger charge is 1.88. The van der Waals surface area contributed by atoms with Crippen LogP contribution in [0.3, 0.4) is 0 Å². The van der Waals surface area contributed by atoms with Crippen molar-refractivity contribution in [2.75, 3.05) is 0 Å². The van der Waals surface area contributed by atoms with E-state index in [1.807, 2.05) is 0 Å². The van der Waals surface area contributed by atoms with Crippen molar-refractivity contribution in [1.82, 2.24) is 0 Å². The lowest BCUT2D eigenvalue weighted by Gasteiger charge is -1.97. The molecule has 0 aliphatic heterocycles. The average Bonchev–Trinajstić information content (AvgIpc) is 2.31. The third kappa shape index (κ3) is 13.5. The van der Waals surface area contributed by atoms with Gasteiger partial charge in [0.15, 0.2) is 0 Å². The molecule has 0 heterocycles. The Balaban J connectivity index is 3.00. The predicted molar refractivity (Wildman–Crippen MR) is 74.5 cm³/mol. The minimum atomic E-state index is 1.06. The second kappa shape index (κ2) is 14.5. The van der Waals surface area contributed by atoms with Crippen LogP contribution in [0.15, 0.2) is 18.2 Å². The van der Waals surface area contributed by atoms with E-state index in [0.29, 0.717) is 0 Å². The molecule has 0 aromatic rings. The molecule has 0 aromatic carbocycles. The van der Waals surface area contributed by atoms with E-state index in [-0.39, 0.29) is 0 Å². The monoisotopic (exact) mass is 221 g/mol. The minimum Gasteiger partial charge on any atom is -0.0885 e. The fourth-order valence-electron chi connectivity index (χ4n) is 1.80. The first-order valence-corrected chi connectivity index (χ1v) is 7.10. The van der Waals surface area contributed by atoms with Crippen LogP contribution in [-0.4, -0.2) is 0 Å². The van der Waals surface area contributed by atoms with Gasteiger partial charge in [0.25, 0.3) is 0 Å². The van der Waals surface area contributed by atoms with Crippen molar-refractivity contribution in [3.8, 4) is 0 Å². The second-order valence-electron chi connectivity index (χ2n) is 4.55. The highest BCUT2D eigenvalue weighted by Crippen LogP contribution is 2.08. The Bertz CT molecular complexity index is 155. The molecular weight excluding hydrogens is 192 g/mol. The molecule has 0 rings (SSSR count). The van der Waals surface area contributed by atoms with Crippen LogP contribution in [0.1, 0.15) is 77.6 Å². The Morgan fingerprint density at radius 2 is 1.19 bits per heavy atom. The van der Waals surface area contributed by atoms with Gasteiger partial charge in [-0.2, -0.15) is 0 Å². The van der Waals surface area contributed by atoms with Crippen LogP contribution in [0, 0.1) is 6.58 Å². The first-order chi connectivity index (χ1) is 7.91. The van der Waals surface area contributed by atoms with Gasteiger partial charge < -0.3 is 0 Å². The molecule has 0 saturated heterocycles. The van der Waals surface area contributed by atoms with Crippen molar-refractivity contribution in [2.24, 2.45) is 0 Å². The first kappa shape index (κ1) is 15.5. The predicted octanol–water partition coefficient (Wildman–Crippen LogP) is 5.84. The van der Waals surface area contributed by atoms with E-state index in [2.05, 4.69) is 19.1 Å². The summed E-state index contributed by atoms with van der Waals surface area (Å²) in [7, 11) is 0. The largest absolute Gasteiger partial charge is 0.0885 e. The van der Waals surface area contributed by atoms with Gasteiger partial charge in [0, 0.05) is 0 Å². The Labute approximate surface area is 103 Å². The Morgan fingerprint density at radius 1 is 0.688 bits per heavy atom. The molecule has 1 radical (unpaired) electrons. The highest BCUT2D eigenvalue weighted by molar-refractivity contribution is 4.81. The normalized spacial score (nSPS) is 11.1. The number of unbranched alkanes of at least 4 members (excludes halogenated alkanes) is 9. The van der Waals surface area contributed by atoms with E-state index >= 15 is 0 Å². The number of hydrogen-bond acceptors (Lipinski definition) is 0. The maximum absolute atomic E-state index is 5.32. The van der Waals surface area contributed by atoms with Crippen molar-refractivity contribution in [3.63, 3.8) is 0 Å². The van der Waals surface area contributed by atoms with Crippen LogP contribution in [0.25, 0.3) is 0 Å². The second-order valence-corrected chi connectivity index (χ2v) is 4.55. The van der Waals surface area contributed by atoms with Crippen molar-refractivity contribution in [2.45, 2.75) is 77.6 Å². The summed E-state index contributed by atoms with van der Waals surface area (Å²) >= 11 is 0. The molecule has 0 unspecified atom stereocenters. The maximum atomic E-state index is 5.32. The van der Waals surface area contributed by atoms with Gasteiger partial charge in [0.05, 0.1) is 0 Å². The van der Waals surface area contributed by atoms with Crippen LogP contribution in [-0.2, 0) is 0 Å². The fraction of sp³-hybridized carbons (Fsp3) is 0.750. The molecule has 93 valence electrons. The summed E-state index contributed by atoms with van der Waals surface area (Å²) in [6.07, 6.45) is 20.9. The molecule has 0 aliphatic rings. The molecule has 0 atom stereocenters. The van der Waals surface area contributed by atoms with Gasteiger partial charge in [0.2, 0.25) is 0 Å². The molecule has 0 aromatic heterocycles. The molecule has 0 N–H and O–H groups in total. The lowest BCUT2D eigenvalue weighted by atomic mass is 10.1. The molecular formula is C16H29. The SMILES string of the molecule is [CH]=CCCCCC=CCCCCCCCC. The lowest BCUT2D eigenvalue weighted by molar-refractivity contribution is 0.611. The van der Waals surface area contributed by atoms with E-state index < -0.39 is 0 Å². The summed E-state index contributed by atoms with van der Waals surface area (Å²) in [4.78, 5) is 0. The van der Waals surface area contributed by atoms with Crippen molar-refractivity contribution >= 4 is 0 Å².